The Morgan fingerprint density at radius 2 is 1.68 bits per heavy atom. The number of allylic oxidation sites excluding steroid dienone is 1. The van der Waals surface area contributed by atoms with E-state index >= 15 is 0 Å². The minimum absolute atomic E-state index is 0.00659. The smallest absolute Gasteiger partial charge is 0.330 e. The fourth-order valence-corrected chi connectivity index (χ4v) is 4.28. The van der Waals surface area contributed by atoms with E-state index in [9.17, 15) is 14.4 Å². The van der Waals surface area contributed by atoms with Gasteiger partial charge in [0.25, 0.3) is 0 Å². The maximum atomic E-state index is 13.7. The zero-order valence-corrected chi connectivity index (χ0v) is 20.3. The molecule has 1 aliphatic rings. The number of nitrogens with zero attached hydrogens (tertiary/aromatic N) is 1. The Hall–Kier alpha value is -3.47. The van der Waals surface area contributed by atoms with Gasteiger partial charge in [0.1, 0.15) is 0 Å². The number of anilines is 1. The highest BCUT2D eigenvalue weighted by molar-refractivity contribution is 5.95. The van der Waals surface area contributed by atoms with Crippen molar-refractivity contribution in [3.8, 4) is 0 Å². The van der Waals surface area contributed by atoms with E-state index in [2.05, 4.69) is 4.74 Å². The van der Waals surface area contributed by atoms with Crippen LogP contribution in [-0.4, -0.2) is 24.8 Å². The fraction of sp³-hybridized carbons (Fsp3) is 0.345. The molecule has 2 aromatic carbocycles. The lowest BCUT2D eigenvalue weighted by molar-refractivity contribution is -0.134. The van der Waals surface area contributed by atoms with Crippen molar-refractivity contribution in [3.05, 3.63) is 76.9 Å². The lowest BCUT2D eigenvalue weighted by Crippen LogP contribution is -2.37. The van der Waals surface area contributed by atoms with Gasteiger partial charge in [-0.25, -0.2) is 4.79 Å². The SMILES string of the molecule is COC(=O)/C=C/c1cccc(N(Cc2ccc(/C=C/C(C)=O)cc2C)C(=O)C2CCCCC2)c1. The average Bonchev–Trinajstić information content (AvgIpc) is 2.85. The Kier molecular flexibility index (Phi) is 8.97. The molecule has 0 spiro atoms. The van der Waals surface area contributed by atoms with E-state index in [1.165, 1.54) is 26.5 Å². The van der Waals surface area contributed by atoms with E-state index in [0.717, 1.165) is 53.6 Å². The maximum absolute atomic E-state index is 13.7. The van der Waals surface area contributed by atoms with Crippen LogP contribution in [0.3, 0.4) is 0 Å². The topological polar surface area (TPSA) is 63.7 Å². The van der Waals surface area contributed by atoms with Crippen LogP contribution in [0, 0.1) is 12.8 Å². The molecule has 1 fully saturated rings. The molecule has 0 heterocycles. The second kappa shape index (κ2) is 12.1. The minimum Gasteiger partial charge on any atom is -0.466 e. The summed E-state index contributed by atoms with van der Waals surface area (Å²) in [7, 11) is 1.34. The first-order valence-corrected chi connectivity index (χ1v) is 11.8. The van der Waals surface area contributed by atoms with Crippen LogP contribution in [0.25, 0.3) is 12.2 Å². The molecule has 0 aliphatic heterocycles. The molecule has 0 bridgehead atoms. The van der Waals surface area contributed by atoms with E-state index in [1.807, 2.05) is 54.3 Å². The van der Waals surface area contributed by atoms with Gasteiger partial charge < -0.3 is 9.64 Å². The number of carbonyl (C=O) groups excluding carboxylic acids is 3. The molecule has 34 heavy (non-hydrogen) atoms. The molecule has 2 aromatic rings. The van der Waals surface area contributed by atoms with Gasteiger partial charge in [-0.3, -0.25) is 9.59 Å². The maximum Gasteiger partial charge on any atom is 0.330 e. The zero-order chi connectivity index (χ0) is 24.5. The Labute approximate surface area is 202 Å². The predicted octanol–water partition coefficient (Wildman–Crippen LogP) is 5.90. The summed E-state index contributed by atoms with van der Waals surface area (Å²) in [6.45, 7) is 4.02. The molecule has 0 N–H and O–H groups in total. The lowest BCUT2D eigenvalue weighted by atomic mass is 9.88. The molecular formula is C29H33NO4. The number of rotatable bonds is 8. The normalized spacial score (nSPS) is 14.4. The minimum atomic E-state index is -0.421. The predicted molar refractivity (Wildman–Crippen MR) is 136 cm³/mol. The summed E-state index contributed by atoms with van der Waals surface area (Å²) < 4.78 is 4.69. The van der Waals surface area contributed by atoms with E-state index < -0.39 is 5.97 Å². The Morgan fingerprint density at radius 3 is 2.35 bits per heavy atom. The molecule has 3 rings (SSSR count). The number of carbonyl (C=O) groups is 3. The molecule has 5 nitrogen and oxygen atoms in total. The van der Waals surface area contributed by atoms with Crippen molar-refractivity contribution in [2.24, 2.45) is 5.92 Å². The fourth-order valence-electron chi connectivity index (χ4n) is 4.28. The number of amides is 1. The second-order valence-corrected chi connectivity index (χ2v) is 8.84. The van der Waals surface area contributed by atoms with Crippen LogP contribution < -0.4 is 4.90 Å². The highest BCUT2D eigenvalue weighted by atomic mass is 16.5. The van der Waals surface area contributed by atoms with Gasteiger partial charge in [-0.1, -0.05) is 55.7 Å². The Bertz CT molecular complexity index is 1090. The van der Waals surface area contributed by atoms with Gasteiger partial charge in [0.2, 0.25) is 5.91 Å². The van der Waals surface area contributed by atoms with Crippen LogP contribution in [0.2, 0.25) is 0 Å². The number of ether oxygens (including phenoxy) is 1. The van der Waals surface area contributed by atoms with E-state index in [1.54, 1.807) is 18.2 Å². The van der Waals surface area contributed by atoms with E-state index in [0.29, 0.717) is 6.54 Å². The van der Waals surface area contributed by atoms with Crippen LogP contribution in [0.5, 0.6) is 0 Å². The van der Waals surface area contributed by atoms with Crippen LogP contribution in [0.1, 0.15) is 61.3 Å². The molecule has 0 unspecified atom stereocenters. The summed E-state index contributed by atoms with van der Waals surface area (Å²) in [6, 6.07) is 13.7. The molecule has 0 atom stereocenters. The third kappa shape index (κ3) is 7.01. The summed E-state index contributed by atoms with van der Waals surface area (Å²) in [5.74, 6) is -0.239. The molecule has 0 radical (unpaired) electrons. The summed E-state index contributed by atoms with van der Waals surface area (Å²) in [5.41, 5.74) is 4.71. The number of aryl methyl sites for hydroxylation is 1. The van der Waals surface area contributed by atoms with Gasteiger partial charge >= 0.3 is 5.97 Å². The molecule has 5 heteroatoms. The first-order valence-electron chi connectivity index (χ1n) is 11.8. The number of esters is 1. The van der Waals surface area contributed by atoms with Crippen LogP contribution in [-0.2, 0) is 25.7 Å². The zero-order valence-electron chi connectivity index (χ0n) is 20.3. The van der Waals surface area contributed by atoms with Crippen LogP contribution >= 0.6 is 0 Å². The van der Waals surface area contributed by atoms with Crippen molar-refractivity contribution in [1.29, 1.82) is 0 Å². The third-order valence-electron chi connectivity index (χ3n) is 6.22. The van der Waals surface area contributed by atoms with Crippen molar-refractivity contribution < 1.29 is 19.1 Å². The summed E-state index contributed by atoms with van der Waals surface area (Å²) in [5, 5.41) is 0. The quantitative estimate of drug-likeness (QED) is 0.364. The van der Waals surface area contributed by atoms with Crippen molar-refractivity contribution >= 4 is 35.5 Å². The number of benzene rings is 2. The van der Waals surface area contributed by atoms with Crippen molar-refractivity contribution in [1.82, 2.24) is 0 Å². The number of methoxy groups -OCH3 is 1. The van der Waals surface area contributed by atoms with Crippen LogP contribution in [0.15, 0.2) is 54.6 Å². The monoisotopic (exact) mass is 459 g/mol. The highest BCUT2D eigenvalue weighted by Gasteiger charge is 2.27. The van der Waals surface area contributed by atoms with Crippen molar-refractivity contribution in [2.45, 2.75) is 52.5 Å². The van der Waals surface area contributed by atoms with Crippen molar-refractivity contribution in [2.75, 3.05) is 12.0 Å². The van der Waals surface area contributed by atoms with Gasteiger partial charge in [0.05, 0.1) is 13.7 Å². The van der Waals surface area contributed by atoms with Crippen molar-refractivity contribution in [3.63, 3.8) is 0 Å². The molecule has 178 valence electrons. The van der Waals surface area contributed by atoms with E-state index in [-0.39, 0.29) is 17.6 Å². The first kappa shape index (κ1) is 25.2. The Balaban J connectivity index is 1.92. The van der Waals surface area contributed by atoms with Gasteiger partial charge in [0.15, 0.2) is 5.78 Å². The molecule has 1 aliphatic carbocycles. The second-order valence-electron chi connectivity index (χ2n) is 8.84. The molecule has 1 saturated carbocycles. The molecule has 1 amide bonds. The summed E-state index contributed by atoms with van der Waals surface area (Å²) >= 11 is 0. The number of hydrogen-bond donors (Lipinski definition) is 0. The summed E-state index contributed by atoms with van der Waals surface area (Å²) in [6.07, 6.45) is 11.6. The van der Waals surface area contributed by atoms with Gasteiger partial charge in [-0.2, -0.15) is 0 Å². The number of hydrogen-bond acceptors (Lipinski definition) is 4. The molecule has 0 saturated heterocycles. The molecular weight excluding hydrogens is 426 g/mol. The van der Waals surface area contributed by atoms with Gasteiger partial charge in [-0.05, 0) is 73.2 Å². The summed E-state index contributed by atoms with van der Waals surface area (Å²) in [4.78, 5) is 38.3. The average molecular weight is 460 g/mol. The highest BCUT2D eigenvalue weighted by Crippen LogP contribution is 2.30. The van der Waals surface area contributed by atoms with Gasteiger partial charge in [0, 0.05) is 17.7 Å². The Morgan fingerprint density at radius 1 is 0.971 bits per heavy atom. The van der Waals surface area contributed by atoms with Crippen LogP contribution in [0.4, 0.5) is 5.69 Å². The first-order chi connectivity index (χ1) is 16.4. The standard InChI is InChI=1S/C29H33NO4/c1-21-18-24(13-12-22(2)31)14-16-26(21)20-30(29(33)25-9-5-4-6-10-25)27-11-7-8-23(19-27)15-17-28(32)34-3/h7-8,11-19,25H,4-6,9-10,20H2,1-3H3/b13-12+,17-15+. The van der Waals surface area contributed by atoms with Gasteiger partial charge in [-0.15, -0.1) is 0 Å². The third-order valence-corrected chi connectivity index (χ3v) is 6.22. The van der Waals surface area contributed by atoms with E-state index in [4.69, 9.17) is 0 Å². The number of ketones is 1. The largest absolute Gasteiger partial charge is 0.466 e. The lowest BCUT2D eigenvalue weighted by Gasteiger charge is -2.30. The molecule has 0 aromatic heterocycles.